The number of nitrogens with zero attached hydrogens (tertiary/aromatic N) is 1. The number of aromatic nitrogens is 1. The summed E-state index contributed by atoms with van der Waals surface area (Å²) >= 11 is 5.91. The lowest BCUT2D eigenvalue weighted by atomic mass is 10.1. The third kappa shape index (κ3) is 2.31. The summed E-state index contributed by atoms with van der Waals surface area (Å²) in [5, 5.41) is 1.34. The van der Waals surface area contributed by atoms with Crippen LogP contribution in [0.1, 0.15) is 29.6 Å². The molecule has 20 heavy (non-hydrogen) atoms. The number of hydrogen-bond acceptors (Lipinski definition) is 2. The van der Waals surface area contributed by atoms with Gasteiger partial charge in [0.25, 0.3) is 11.7 Å². The van der Waals surface area contributed by atoms with Crippen LogP contribution >= 0.6 is 11.6 Å². The summed E-state index contributed by atoms with van der Waals surface area (Å²) < 4.78 is 0. The minimum absolute atomic E-state index is 0.402. The minimum Gasteiger partial charge on any atom is -0.360 e. The van der Waals surface area contributed by atoms with Crippen molar-refractivity contribution in [3.63, 3.8) is 0 Å². The van der Waals surface area contributed by atoms with E-state index in [9.17, 15) is 9.59 Å². The first kappa shape index (κ1) is 13.2. The van der Waals surface area contributed by atoms with Crippen molar-refractivity contribution in [2.75, 3.05) is 13.1 Å². The molecule has 0 atom stereocenters. The lowest BCUT2D eigenvalue weighted by Crippen LogP contribution is -2.40. The SMILES string of the molecule is O=C(C(=O)N1CCCCC1)c1c[nH]c2cc(Cl)ccc12. The average Bonchev–Trinajstić information content (AvgIpc) is 2.89. The first-order valence-electron chi connectivity index (χ1n) is 6.77. The number of amides is 1. The van der Waals surface area contributed by atoms with Gasteiger partial charge in [0.1, 0.15) is 0 Å². The highest BCUT2D eigenvalue weighted by atomic mass is 35.5. The van der Waals surface area contributed by atoms with Crippen molar-refractivity contribution < 1.29 is 9.59 Å². The predicted octanol–water partition coefficient (Wildman–Crippen LogP) is 3.02. The molecular weight excluding hydrogens is 276 g/mol. The van der Waals surface area contributed by atoms with Crippen LogP contribution in [0.5, 0.6) is 0 Å². The number of carbonyl (C=O) groups excluding carboxylic acids is 2. The van der Waals surface area contributed by atoms with Gasteiger partial charge in [-0.05, 0) is 31.4 Å². The van der Waals surface area contributed by atoms with Gasteiger partial charge in [-0.25, -0.2) is 0 Å². The van der Waals surface area contributed by atoms with Crippen molar-refractivity contribution in [2.45, 2.75) is 19.3 Å². The van der Waals surface area contributed by atoms with Crippen LogP contribution in [0.25, 0.3) is 10.9 Å². The molecule has 104 valence electrons. The van der Waals surface area contributed by atoms with Crippen molar-refractivity contribution in [3.05, 3.63) is 35.0 Å². The van der Waals surface area contributed by atoms with Gasteiger partial charge in [-0.1, -0.05) is 17.7 Å². The fourth-order valence-corrected chi connectivity index (χ4v) is 2.81. The molecule has 0 unspecified atom stereocenters. The van der Waals surface area contributed by atoms with Gasteiger partial charge >= 0.3 is 0 Å². The zero-order valence-corrected chi connectivity index (χ0v) is 11.7. The van der Waals surface area contributed by atoms with Crippen molar-refractivity contribution in [2.24, 2.45) is 0 Å². The van der Waals surface area contributed by atoms with Gasteiger partial charge in [0.15, 0.2) is 0 Å². The van der Waals surface area contributed by atoms with Crippen LogP contribution in [0.15, 0.2) is 24.4 Å². The molecule has 1 amide bonds. The van der Waals surface area contributed by atoms with Gasteiger partial charge in [0.2, 0.25) is 0 Å². The van der Waals surface area contributed by atoms with E-state index >= 15 is 0 Å². The Kier molecular flexibility index (Phi) is 3.49. The standard InChI is InChI=1S/C15H15ClN2O2/c16-10-4-5-11-12(9-17-13(11)8-10)14(19)15(20)18-6-2-1-3-7-18/h4-5,8-9,17H,1-3,6-7H2. The molecule has 1 N–H and O–H groups in total. The molecule has 5 heteroatoms. The Morgan fingerprint density at radius 3 is 2.65 bits per heavy atom. The number of ketones is 1. The van der Waals surface area contributed by atoms with E-state index in [0.717, 1.165) is 30.2 Å². The summed E-state index contributed by atoms with van der Waals surface area (Å²) in [6, 6.07) is 5.24. The lowest BCUT2D eigenvalue weighted by Gasteiger charge is -2.25. The maximum atomic E-state index is 12.4. The fraction of sp³-hybridized carbons (Fsp3) is 0.333. The Bertz CT molecular complexity index is 672. The summed E-state index contributed by atoms with van der Waals surface area (Å²) in [7, 11) is 0. The van der Waals surface area contributed by atoms with Gasteiger partial charge in [-0.15, -0.1) is 0 Å². The molecule has 2 aromatic rings. The van der Waals surface area contributed by atoms with Crippen LogP contribution in [-0.2, 0) is 4.79 Å². The Morgan fingerprint density at radius 1 is 1.15 bits per heavy atom. The van der Waals surface area contributed by atoms with E-state index in [2.05, 4.69) is 4.98 Å². The molecule has 1 fully saturated rings. The molecule has 3 rings (SSSR count). The maximum absolute atomic E-state index is 12.4. The number of Topliss-reactive ketones (excluding diaryl/α,β-unsaturated/α-hetero) is 1. The van der Waals surface area contributed by atoms with E-state index in [4.69, 9.17) is 11.6 Å². The molecule has 1 aromatic carbocycles. The van der Waals surface area contributed by atoms with Crippen molar-refractivity contribution in [1.29, 1.82) is 0 Å². The van der Waals surface area contributed by atoms with Gasteiger partial charge in [-0.2, -0.15) is 0 Å². The van der Waals surface area contributed by atoms with Crippen LogP contribution in [0.2, 0.25) is 5.02 Å². The van der Waals surface area contributed by atoms with E-state index in [1.54, 1.807) is 29.3 Å². The number of likely N-dealkylation sites (tertiary alicyclic amines) is 1. The first-order chi connectivity index (χ1) is 9.66. The highest BCUT2D eigenvalue weighted by Gasteiger charge is 2.26. The van der Waals surface area contributed by atoms with Gasteiger partial charge in [0, 0.05) is 35.2 Å². The van der Waals surface area contributed by atoms with Crippen molar-refractivity contribution >= 4 is 34.2 Å². The lowest BCUT2D eigenvalue weighted by molar-refractivity contribution is -0.127. The highest BCUT2D eigenvalue weighted by Crippen LogP contribution is 2.23. The number of aromatic amines is 1. The second-order valence-corrected chi connectivity index (χ2v) is 5.51. The summed E-state index contributed by atoms with van der Waals surface area (Å²) in [6.07, 6.45) is 4.67. The zero-order valence-electron chi connectivity index (χ0n) is 11.0. The van der Waals surface area contributed by atoms with Crippen LogP contribution < -0.4 is 0 Å². The number of piperidine rings is 1. The second-order valence-electron chi connectivity index (χ2n) is 5.07. The van der Waals surface area contributed by atoms with Gasteiger partial charge in [-0.3, -0.25) is 9.59 Å². The van der Waals surface area contributed by atoms with E-state index in [1.807, 2.05) is 0 Å². The summed E-state index contributed by atoms with van der Waals surface area (Å²) in [6.45, 7) is 1.36. The molecule has 4 nitrogen and oxygen atoms in total. The number of rotatable bonds is 2. The van der Waals surface area contributed by atoms with Crippen molar-refractivity contribution in [3.8, 4) is 0 Å². The molecule has 1 aliphatic rings. The summed E-state index contributed by atoms with van der Waals surface area (Å²) in [5.41, 5.74) is 1.19. The molecule has 1 saturated heterocycles. The van der Waals surface area contributed by atoms with Gasteiger partial charge in [0.05, 0.1) is 5.56 Å². The van der Waals surface area contributed by atoms with E-state index in [-0.39, 0.29) is 0 Å². The number of nitrogens with one attached hydrogen (secondary N) is 1. The molecule has 1 aromatic heterocycles. The second kappa shape index (κ2) is 5.29. The molecule has 0 saturated carbocycles. The number of halogens is 1. The quantitative estimate of drug-likeness (QED) is 0.683. The molecule has 0 spiro atoms. The number of fused-ring (bicyclic) bond motifs is 1. The summed E-state index contributed by atoms with van der Waals surface area (Å²) in [5.74, 6) is -0.846. The minimum atomic E-state index is -0.444. The Morgan fingerprint density at radius 2 is 1.90 bits per heavy atom. The molecule has 0 bridgehead atoms. The third-order valence-corrected chi connectivity index (χ3v) is 3.96. The largest absolute Gasteiger partial charge is 0.360 e. The summed E-state index contributed by atoms with van der Waals surface area (Å²) in [4.78, 5) is 29.2. The predicted molar refractivity (Wildman–Crippen MR) is 78.1 cm³/mol. The molecule has 0 aliphatic carbocycles. The van der Waals surface area contributed by atoms with E-state index < -0.39 is 11.7 Å². The smallest absolute Gasteiger partial charge is 0.295 e. The number of benzene rings is 1. The number of carbonyl (C=O) groups is 2. The Hall–Kier alpha value is -1.81. The maximum Gasteiger partial charge on any atom is 0.295 e. The van der Waals surface area contributed by atoms with Gasteiger partial charge < -0.3 is 9.88 Å². The third-order valence-electron chi connectivity index (χ3n) is 3.73. The molecule has 2 heterocycles. The molecule has 1 aliphatic heterocycles. The first-order valence-corrected chi connectivity index (χ1v) is 7.15. The number of H-pyrrole nitrogens is 1. The van der Waals surface area contributed by atoms with Crippen LogP contribution in [0, 0.1) is 0 Å². The van der Waals surface area contributed by atoms with Crippen LogP contribution in [0.3, 0.4) is 0 Å². The Balaban J connectivity index is 1.90. The Labute approximate surface area is 121 Å². The number of hydrogen-bond donors (Lipinski definition) is 1. The monoisotopic (exact) mass is 290 g/mol. The normalized spacial score (nSPS) is 15.6. The van der Waals surface area contributed by atoms with E-state index in [1.165, 1.54) is 0 Å². The average molecular weight is 291 g/mol. The molecule has 0 radical (unpaired) electrons. The van der Waals surface area contributed by atoms with Crippen molar-refractivity contribution in [1.82, 2.24) is 9.88 Å². The highest BCUT2D eigenvalue weighted by molar-refractivity contribution is 6.45. The molecular formula is C15H15ClN2O2. The van der Waals surface area contributed by atoms with E-state index in [0.29, 0.717) is 23.7 Å². The zero-order chi connectivity index (χ0) is 14.1. The fourth-order valence-electron chi connectivity index (χ4n) is 2.64. The van der Waals surface area contributed by atoms with Crippen LogP contribution in [-0.4, -0.2) is 34.7 Å². The topological polar surface area (TPSA) is 53.2 Å². The van der Waals surface area contributed by atoms with Crippen LogP contribution in [0.4, 0.5) is 0 Å².